The Morgan fingerprint density at radius 2 is 1.04 bits per heavy atom. The second-order valence-electron chi connectivity index (χ2n) is 13.9. The summed E-state index contributed by atoms with van der Waals surface area (Å²) >= 11 is 0. The van der Waals surface area contributed by atoms with Crippen molar-refractivity contribution in [2.24, 2.45) is 11.8 Å². The molecule has 4 atom stereocenters. The highest BCUT2D eigenvalue weighted by Gasteiger charge is 2.32. The van der Waals surface area contributed by atoms with Gasteiger partial charge in [0, 0.05) is 23.0 Å². The predicted octanol–water partition coefficient (Wildman–Crippen LogP) is 7.47. The zero-order chi connectivity index (χ0) is 36.4. The molecule has 0 saturated carbocycles. The lowest BCUT2D eigenvalue weighted by atomic mass is 9.73. The highest BCUT2D eigenvalue weighted by Crippen LogP contribution is 2.48. The molecule has 0 heterocycles. The topological polar surface area (TPSA) is 160 Å². The predicted molar refractivity (Wildman–Crippen MR) is 192 cm³/mol. The number of aryl methyl sites for hydroxylation is 2. The lowest BCUT2D eigenvalue weighted by Crippen LogP contribution is -2.18. The van der Waals surface area contributed by atoms with E-state index >= 15 is 0 Å². The van der Waals surface area contributed by atoms with Crippen LogP contribution in [0, 0.1) is 16.7 Å². The summed E-state index contributed by atoms with van der Waals surface area (Å²) in [7, 11) is 0. The van der Waals surface area contributed by atoms with E-state index < -0.39 is 0 Å². The molecule has 6 N–H and O–H groups in total. The minimum Gasteiger partial charge on any atom is -0.507 e. The van der Waals surface area contributed by atoms with Crippen molar-refractivity contribution >= 4 is 0 Å². The second-order valence-corrected chi connectivity index (χ2v) is 13.9. The molecule has 272 valence electrons. The zero-order valence-electron chi connectivity index (χ0n) is 29.4. The van der Waals surface area contributed by atoms with Gasteiger partial charge >= 0.3 is 5.09 Å². The Morgan fingerprint density at radius 3 is 1.36 bits per heavy atom. The van der Waals surface area contributed by atoms with E-state index in [-0.39, 0.29) is 78.2 Å². The van der Waals surface area contributed by atoms with Gasteiger partial charge in [-0.05, 0) is 136 Å². The number of aliphatic hydroxyl groups excluding tert-OH is 2. The van der Waals surface area contributed by atoms with E-state index in [1.807, 2.05) is 26.0 Å². The fraction of sp³-hybridized carbons (Fsp3) is 0.500. The molecule has 0 fully saturated rings. The van der Waals surface area contributed by atoms with Gasteiger partial charge in [0.05, 0.1) is 13.2 Å². The maximum Gasteiger partial charge on any atom is 0.477 e. The minimum atomic E-state index is -0.260. The van der Waals surface area contributed by atoms with Crippen molar-refractivity contribution in [3.63, 3.8) is 0 Å². The SMILES string of the molecule is C=C(C)[C@H]1CCC(CO)=C[C@@H]1c1c(O)cc(CCCCO[N+](=O)OCCCCc2cc(O)c([C@H]3C=C(CO)CC[C@@H]3C(=C)C)c(O)c2)cc1O. The maximum atomic E-state index is 12.0. The van der Waals surface area contributed by atoms with Crippen molar-refractivity contribution in [2.75, 3.05) is 26.4 Å². The summed E-state index contributed by atoms with van der Waals surface area (Å²) in [6, 6.07) is 6.64. The van der Waals surface area contributed by atoms with Crippen LogP contribution >= 0.6 is 0 Å². The van der Waals surface area contributed by atoms with Crippen LogP contribution in [0.4, 0.5) is 0 Å². The van der Waals surface area contributed by atoms with Crippen LogP contribution in [0.1, 0.15) is 99.3 Å². The molecular formula is C40H54NO9+. The van der Waals surface area contributed by atoms with Crippen molar-refractivity contribution in [2.45, 2.75) is 89.9 Å². The Bertz CT molecular complexity index is 1430. The van der Waals surface area contributed by atoms with Gasteiger partial charge in [0.2, 0.25) is 0 Å². The van der Waals surface area contributed by atoms with Crippen molar-refractivity contribution < 1.29 is 45.4 Å². The summed E-state index contributed by atoms with van der Waals surface area (Å²) in [5.41, 5.74) is 6.14. The molecule has 4 rings (SSSR count). The molecule has 10 heteroatoms. The number of phenolic OH excluding ortho intramolecular Hbond substituents is 4. The van der Waals surface area contributed by atoms with Gasteiger partial charge in [0.1, 0.15) is 27.9 Å². The van der Waals surface area contributed by atoms with Crippen LogP contribution in [-0.2, 0) is 22.5 Å². The largest absolute Gasteiger partial charge is 0.507 e. The van der Waals surface area contributed by atoms with Gasteiger partial charge in [-0.2, -0.15) is 9.68 Å². The van der Waals surface area contributed by atoms with E-state index in [0.29, 0.717) is 49.7 Å². The molecule has 50 heavy (non-hydrogen) atoms. The third-order valence-electron chi connectivity index (χ3n) is 10.1. The number of phenols is 4. The van der Waals surface area contributed by atoms with Crippen LogP contribution in [0.25, 0.3) is 0 Å². The molecule has 10 nitrogen and oxygen atoms in total. The molecule has 0 amide bonds. The van der Waals surface area contributed by atoms with Gasteiger partial charge in [-0.15, -0.1) is 0 Å². The Balaban J connectivity index is 1.17. The first-order valence-corrected chi connectivity index (χ1v) is 17.7. The van der Waals surface area contributed by atoms with Gasteiger partial charge in [-0.3, -0.25) is 0 Å². The van der Waals surface area contributed by atoms with Crippen LogP contribution in [0.15, 0.2) is 71.9 Å². The molecular weight excluding hydrogens is 638 g/mol. The Labute approximate surface area is 295 Å². The smallest absolute Gasteiger partial charge is 0.477 e. The summed E-state index contributed by atoms with van der Waals surface area (Å²) in [5, 5.41) is 62.9. The molecule has 0 spiro atoms. The lowest BCUT2D eigenvalue weighted by molar-refractivity contribution is -0.981. The van der Waals surface area contributed by atoms with Crippen molar-refractivity contribution in [3.05, 3.63) is 99.0 Å². The van der Waals surface area contributed by atoms with Gasteiger partial charge in [-0.25, -0.2) is 0 Å². The lowest BCUT2D eigenvalue weighted by Gasteiger charge is -2.31. The number of nitrogens with zero attached hydrogens (tertiary/aromatic N) is 1. The van der Waals surface area contributed by atoms with E-state index in [0.717, 1.165) is 59.1 Å². The molecule has 2 aromatic carbocycles. The monoisotopic (exact) mass is 692 g/mol. The number of hydrogen-bond donors (Lipinski definition) is 6. The molecule has 0 unspecified atom stereocenters. The average Bonchev–Trinajstić information content (AvgIpc) is 3.07. The Hall–Kier alpha value is -4.28. The van der Waals surface area contributed by atoms with E-state index in [2.05, 4.69) is 13.2 Å². The van der Waals surface area contributed by atoms with Crippen molar-refractivity contribution in [3.8, 4) is 23.0 Å². The molecule has 0 saturated heterocycles. The molecule has 0 aliphatic heterocycles. The van der Waals surface area contributed by atoms with Gasteiger partial charge in [-0.1, -0.05) is 36.5 Å². The molecule has 2 aliphatic carbocycles. The van der Waals surface area contributed by atoms with Crippen LogP contribution in [0.2, 0.25) is 0 Å². The normalized spacial score (nSPS) is 20.5. The van der Waals surface area contributed by atoms with E-state index in [9.17, 15) is 35.5 Å². The zero-order valence-corrected chi connectivity index (χ0v) is 29.4. The summed E-state index contributed by atoms with van der Waals surface area (Å²) in [4.78, 5) is 22.2. The number of aromatic hydroxyl groups is 4. The van der Waals surface area contributed by atoms with Gasteiger partial charge in [0.15, 0.2) is 13.2 Å². The molecule has 2 aliphatic rings. The number of benzene rings is 2. The average molecular weight is 693 g/mol. The third kappa shape index (κ3) is 9.91. The highest BCUT2D eigenvalue weighted by atomic mass is 17.0. The van der Waals surface area contributed by atoms with Crippen molar-refractivity contribution in [1.82, 2.24) is 0 Å². The minimum absolute atomic E-state index is 0.0126. The quantitative estimate of drug-likeness (QED) is 0.0529. The first kappa shape index (κ1) is 38.5. The van der Waals surface area contributed by atoms with E-state index in [1.54, 1.807) is 24.3 Å². The fourth-order valence-corrected chi connectivity index (χ4v) is 7.39. The van der Waals surface area contributed by atoms with Crippen LogP contribution in [-0.4, -0.2) is 62.2 Å². The second kappa shape index (κ2) is 18.1. The number of unbranched alkanes of at least 4 members (excludes halogenated alkanes) is 2. The molecule has 0 radical (unpaired) electrons. The number of hydrogen-bond acceptors (Lipinski definition) is 9. The van der Waals surface area contributed by atoms with Crippen LogP contribution in [0.3, 0.4) is 0 Å². The van der Waals surface area contributed by atoms with Crippen LogP contribution < -0.4 is 0 Å². The summed E-state index contributed by atoms with van der Waals surface area (Å²) < 4.78 is 0. The van der Waals surface area contributed by atoms with Crippen LogP contribution in [0.5, 0.6) is 23.0 Å². The van der Waals surface area contributed by atoms with E-state index in [1.165, 1.54) is 0 Å². The Kier molecular flexibility index (Phi) is 13.9. The third-order valence-corrected chi connectivity index (χ3v) is 10.1. The van der Waals surface area contributed by atoms with Crippen molar-refractivity contribution in [1.29, 1.82) is 0 Å². The summed E-state index contributed by atoms with van der Waals surface area (Å²) in [6.07, 6.45) is 10.5. The molecule has 0 aromatic heterocycles. The highest BCUT2D eigenvalue weighted by molar-refractivity contribution is 5.53. The molecule has 2 aromatic rings. The van der Waals surface area contributed by atoms with E-state index in [4.69, 9.17) is 9.68 Å². The first-order valence-electron chi connectivity index (χ1n) is 17.7. The first-order chi connectivity index (χ1) is 23.9. The maximum absolute atomic E-state index is 12.0. The number of rotatable bonds is 18. The van der Waals surface area contributed by atoms with Gasteiger partial charge in [0.25, 0.3) is 0 Å². The fourth-order valence-electron chi connectivity index (χ4n) is 7.39. The standard InChI is InChI=1S/C40H53NO9/c1-25(2)31-13-11-29(23-42)17-33(31)39-35(44)19-27(20-36(39)45)9-5-7-15-49-41(48)50-16-8-6-10-28-21-37(46)40(38(47)22-28)34-18-30(24-43)12-14-32(34)26(3)4/h17-22,31-34,42-43H,1,3,5-16,23-24H2,2,4H3,(H3-,44,45,46,47)/p+1/t31-,32-,33+,34+/m1/s1. The van der Waals surface area contributed by atoms with Gasteiger partial charge < -0.3 is 30.6 Å². The summed E-state index contributed by atoms with van der Waals surface area (Å²) in [5.74, 6) is -0.348. The molecule has 0 bridgehead atoms. The number of aliphatic hydroxyl groups is 2. The summed E-state index contributed by atoms with van der Waals surface area (Å²) in [6.45, 7) is 12.3. The Morgan fingerprint density at radius 1 is 0.680 bits per heavy atom. The number of allylic oxidation sites excluding steroid dienone is 4.